The van der Waals surface area contributed by atoms with Crippen LogP contribution in [0.4, 0.5) is 4.39 Å². The number of ketones is 1. The van der Waals surface area contributed by atoms with Crippen LogP contribution in [0.1, 0.15) is 43.9 Å². The van der Waals surface area contributed by atoms with Crippen molar-refractivity contribution in [1.29, 1.82) is 0 Å². The first-order valence-corrected chi connectivity index (χ1v) is 12.5. The summed E-state index contributed by atoms with van der Waals surface area (Å²) in [5.74, 6) is 1.34. The molecule has 5 rings (SSSR count). The molecular formula is C29H32FNO5. The summed E-state index contributed by atoms with van der Waals surface area (Å²) < 4.78 is 30.8. The van der Waals surface area contributed by atoms with Gasteiger partial charge in [-0.05, 0) is 66.5 Å². The molecule has 2 heterocycles. The number of nitrogens with zero attached hydrogens (tertiary/aromatic N) is 1. The molecule has 2 aliphatic heterocycles. The first kappa shape index (κ1) is 24.3. The summed E-state index contributed by atoms with van der Waals surface area (Å²) in [6.45, 7) is 4.71. The van der Waals surface area contributed by atoms with E-state index in [2.05, 4.69) is 13.8 Å². The second-order valence-electron chi connectivity index (χ2n) is 10.2. The molecule has 5 atom stereocenters. The Balaban J connectivity index is 1.48. The first-order chi connectivity index (χ1) is 17.3. The molecule has 1 aliphatic carbocycles. The van der Waals surface area contributed by atoms with Crippen LogP contribution < -0.4 is 9.47 Å². The summed E-state index contributed by atoms with van der Waals surface area (Å²) in [4.78, 5) is 29.2. The molecular weight excluding hydrogens is 461 g/mol. The van der Waals surface area contributed by atoms with E-state index in [-0.39, 0.29) is 35.3 Å². The third-order valence-electron chi connectivity index (χ3n) is 8.08. The SMILES string of the molecule is COc1ccc(CCN2C(=O)C3=C(C(=O)C4CC(C)C(C)CC4O3)C2c2ccc(F)cc2)cc1OC. The van der Waals surface area contributed by atoms with Gasteiger partial charge in [-0.25, -0.2) is 4.39 Å². The number of benzene rings is 2. The molecule has 0 spiro atoms. The summed E-state index contributed by atoms with van der Waals surface area (Å²) >= 11 is 0. The van der Waals surface area contributed by atoms with Crippen molar-refractivity contribution in [3.8, 4) is 11.5 Å². The van der Waals surface area contributed by atoms with Gasteiger partial charge in [-0.15, -0.1) is 0 Å². The number of fused-ring (bicyclic) bond motifs is 1. The van der Waals surface area contributed by atoms with Gasteiger partial charge in [0.15, 0.2) is 23.0 Å². The van der Waals surface area contributed by atoms with Gasteiger partial charge in [0.1, 0.15) is 11.9 Å². The zero-order valence-electron chi connectivity index (χ0n) is 21.1. The Hall–Kier alpha value is -3.35. The Morgan fingerprint density at radius 2 is 1.67 bits per heavy atom. The fourth-order valence-electron chi connectivity index (χ4n) is 5.82. The molecule has 0 bridgehead atoms. The van der Waals surface area contributed by atoms with Gasteiger partial charge >= 0.3 is 0 Å². The highest BCUT2D eigenvalue weighted by Gasteiger charge is 2.53. The third-order valence-corrected chi connectivity index (χ3v) is 8.08. The number of hydrogen-bond acceptors (Lipinski definition) is 5. The second kappa shape index (κ2) is 9.60. The number of methoxy groups -OCH3 is 2. The van der Waals surface area contributed by atoms with Crippen molar-refractivity contribution < 1.29 is 28.2 Å². The first-order valence-electron chi connectivity index (χ1n) is 12.5. The average molecular weight is 494 g/mol. The Bertz CT molecular complexity index is 1210. The van der Waals surface area contributed by atoms with Gasteiger partial charge in [0.25, 0.3) is 5.91 Å². The molecule has 0 aromatic heterocycles. The number of ether oxygens (including phenoxy) is 3. The minimum Gasteiger partial charge on any atom is -0.493 e. The van der Waals surface area contributed by atoms with Crippen molar-refractivity contribution >= 4 is 11.7 Å². The van der Waals surface area contributed by atoms with Gasteiger partial charge in [-0.3, -0.25) is 9.59 Å². The van der Waals surface area contributed by atoms with E-state index in [1.54, 1.807) is 31.3 Å². The van der Waals surface area contributed by atoms with Crippen LogP contribution in [0.5, 0.6) is 11.5 Å². The highest BCUT2D eigenvalue weighted by atomic mass is 19.1. The lowest BCUT2D eigenvalue weighted by molar-refractivity contribution is -0.137. The van der Waals surface area contributed by atoms with E-state index in [0.29, 0.717) is 47.4 Å². The van der Waals surface area contributed by atoms with Crippen molar-refractivity contribution in [3.05, 3.63) is 70.7 Å². The Morgan fingerprint density at radius 3 is 2.36 bits per heavy atom. The van der Waals surface area contributed by atoms with Gasteiger partial charge in [0, 0.05) is 6.54 Å². The standard InChI is InChI=1S/C29H32FNO5/c1-16-13-21-23(14-17(16)2)36-28-25(27(21)32)26(19-6-8-20(30)9-7-19)31(29(28)33)12-11-18-5-10-22(34-3)24(15-18)35-4/h5-10,15-17,21,23,26H,11-14H2,1-4H3. The summed E-state index contributed by atoms with van der Waals surface area (Å²) in [6, 6.07) is 11.1. The number of Topliss-reactive ketones (excluding diaryl/α,β-unsaturated/α-hetero) is 1. The molecule has 2 aromatic carbocycles. The highest BCUT2D eigenvalue weighted by Crippen LogP contribution is 2.48. The van der Waals surface area contributed by atoms with E-state index in [9.17, 15) is 14.0 Å². The van der Waals surface area contributed by atoms with Crippen LogP contribution in [-0.4, -0.2) is 43.5 Å². The van der Waals surface area contributed by atoms with E-state index >= 15 is 0 Å². The predicted octanol–water partition coefficient (Wildman–Crippen LogP) is 4.87. The number of hydrogen-bond donors (Lipinski definition) is 0. The molecule has 1 saturated carbocycles. The fourth-order valence-corrected chi connectivity index (χ4v) is 5.82. The molecule has 7 heteroatoms. The van der Waals surface area contributed by atoms with E-state index in [4.69, 9.17) is 14.2 Å². The van der Waals surface area contributed by atoms with Gasteiger partial charge in [-0.1, -0.05) is 32.0 Å². The van der Waals surface area contributed by atoms with Crippen molar-refractivity contribution in [2.24, 2.45) is 17.8 Å². The zero-order valence-corrected chi connectivity index (χ0v) is 21.1. The quantitative estimate of drug-likeness (QED) is 0.574. The molecule has 190 valence electrons. The molecule has 0 N–H and O–H groups in total. The number of amides is 1. The minimum absolute atomic E-state index is 0.00343. The molecule has 1 fully saturated rings. The highest BCUT2D eigenvalue weighted by molar-refractivity contribution is 6.11. The van der Waals surface area contributed by atoms with Crippen LogP contribution in [0.2, 0.25) is 0 Å². The summed E-state index contributed by atoms with van der Waals surface area (Å²) in [7, 11) is 3.16. The molecule has 0 radical (unpaired) electrons. The number of rotatable bonds is 6. The molecule has 6 nitrogen and oxygen atoms in total. The van der Waals surface area contributed by atoms with Gasteiger partial charge < -0.3 is 19.1 Å². The van der Waals surface area contributed by atoms with E-state index < -0.39 is 6.04 Å². The fraction of sp³-hybridized carbons (Fsp3) is 0.448. The topological polar surface area (TPSA) is 65.1 Å². The van der Waals surface area contributed by atoms with Crippen LogP contribution in [-0.2, 0) is 20.7 Å². The van der Waals surface area contributed by atoms with E-state index in [1.807, 2.05) is 18.2 Å². The molecule has 36 heavy (non-hydrogen) atoms. The number of carbonyl (C=O) groups is 2. The molecule has 0 saturated heterocycles. The van der Waals surface area contributed by atoms with Gasteiger partial charge in [0.2, 0.25) is 0 Å². The summed E-state index contributed by atoms with van der Waals surface area (Å²) in [5.41, 5.74) is 2.09. The maximum atomic E-state index is 13.8. The number of carbonyl (C=O) groups excluding carboxylic acids is 2. The summed E-state index contributed by atoms with van der Waals surface area (Å²) in [5, 5.41) is 0. The predicted molar refractivity (Wildman–Crippen MR) is 132 cm³/mol. The summed E-state index contributed by atoms with van der Waals surface area (Å²) in [6.07, 6.45) is 1.77. The van der Waals surface area contributed by atoms with Crippen molar-refractivity contribution in [2.45, 2.75) is 45.3 Å². The lowest BCUT2D eigenvalue weighted by Gasteiger charge is -2.40. The monoisotopic (exact) mass is 493 g/mol. The van der Waals surface area contributed by atoms with Crippen molar-refractivity contribution in [1.82, 2.24) is 4.90 Å². The maximum Gasteiger partial charge on any atom is 0.290 e. The maximum absolute atomic E-state index is 13.8. The van der Waals surface area contributed by atoms with E-state index in [1.165, 1.54) is 12.1 Å². The smallest absolute Gasteiger partial charge is 0.290 e. The lowest BCUT2D eigenvalue weighted by atomic mass is 9.70. The Kier molecular flexibility index (Phi) is 6.49. The molecule has 5 unspecified atom stereocenters. The Morgan fingerprint density at radius 1 is 0.972 bits per heavy atom. The van der Waals surface area contributed by atoms with Crippen molar-refractivity contribution in [3.63, 3.8) is 0 Å². The van der Waals surface area contributed by atoms with Crippen LogP contribution in [0.3, 0.4) is 0 Å². The van der Waals surface area contributed by atoms with Crippen LogP contribution in [0.15, 0.2) is 53.8 Å². The average Bonchev–Trinajstić information content (AvgIpc) is 3.16. The second-order valence-corrected chi connectivity index (χ2v) is 10.2. The largest absolute Gasteiger partial charge is 0.493 e. The minimum atomic E-state index is -0.601. The van der Waals surface area contributed by atoms with E-state index in [0.717, 1.165) is 18.4 Å². The third kappa shape index (κ3) is 4.14. The normalized spacial score (nSPS) is 27.5. The molecule has 2 aromatic rings. The van der Waals surface area contributed by atoms with Crippen LogP contribution in [0.25, 0.3) is 0 Å². The van der Waals surface area contributed by atoms with Crippen LogP contribution in [0, 0.1) is 23.6 Å². The molecule has 3 aliphatic rings. The van der Waals surface area contributed by atoms with Gasteiger partial charge in [-0.2, -0.15) is 0 Å². The van der Waals surface area contributed by atoms with Crippen molar-refractivity contribution in [2.75, 3.05) is 20.8 Å². The lowest BCUT2D eigenvalue weighted by Crippen LogP contribution is -2.43. The number of halogens is 1. The molecule has 1 amide bonds. The van der Waals surface area contributed by atoms with Crippen LogP contribution >= 0.6 is 0 Å². The zero-order chi connectivity index (χ0) is 25.6. The Labute approximate surface area is 211 Å². The van der Waals surface area contributed by atoms with Gasteiger partial charge in [0.05, 0.1) is 31.8 Å².